The fourth-order valence-electron chi connectivity index (χ4n) is 1.68. The van der Waals surface area contributed by atoms with Crippen molar-refractivity contribution in [1.29, 1.82) is 0 Å². The zero-order valence-corrected chi connectivity index (χ0v) is 10.2. The Kier molecular flexibility index (Phi) is 3.57. The third kappa shape index (κ3) is 2.25. The van der Waals surface area contributed by atoms with E-state index in [1.165, 1.54) is 5.39 Å². The number of rotatable bonds is 4. The van der Waals surface area contributed by atoms with Crippen molar-refractivity contribution in [2.45, 2.75) is 6.10 Å². The summed E-state index contributed by atoms with van der Waals surface area (Å²) in [6.45, 7) is 0.487. The highest BCUT2D eigenvalue weighted by molar-refractivity contribution is 9.09. The molecule has 0 saturated carbocycles. The summed E-state index contributed by atoms with van der Waals surface area (Å²) in [5.74, 6) is 0. The van der Waals surface area contributed by atoms with Gasteiger partial charge in [-0.05, 0) is 22.4 Å². The van der Waals surface area contributed by atoms with Crippen molar-refractivity contribution in [3.8, 4) is 0 Å². The molecule has 0 amide bonds. The van der Waals surface area contributed by atoms with E-state index < -0.39 is 0 Å². The molecule has 0 saturated heterocycles. The number of hydrogen-bond acceptors (Lipinski definition) is 2. The van der Waals surface area contributed by atoms with Crippen LogP contribution in [-0.4, -0.2) is 11.8 Å². The quantitative estimate of drug-likeness (QED) is 0.633. The van der Waals surface area contributed by atoms with E-state index in [4.69, 9.17) is 4.74 Å². The van der Waals surface area contributed by atoms with Crippen LogP contribution in [0, 0.1) is 0 Å². The van der Waals surface area contributed by atoms with E-state index >= 15 is 0 Å². The van der Waals surface area contributed by atoms with E-state index in [9.17, 15) is 4.79 Å². The maximum atomic E-state index is 10.4. The Morgan fingerprint density at radius 1 is 1.19 bits per heavy atom. The van der Waals surface area contributed by atoms with Crippen molar-refractivity contribution in [3.63, 3.8) is 0 Å². The Morgan fingerprint density at radius 2 is 1.94 bits per heavy atom. The van der Waals surface area contributed by atoms with E-state index in [-0.39, 0.29) is 6.10 Å². The summed E-state index contributed by atoms with van der Waals surface area (Å²) in [6.07, 6.45) is -0.220. The molecule has 82 valence electrons. The first-order valence-electron chi connectivity index (χ1n) is 4.99. The fourth-order valence-corrected chi connectivity index (χ4v) is 2.21. The number of halogens is 1. The van der Waals surface area contributed by atoms with Crippen molar-refractivity contribution < 1.29 is 9.53 Å². The average molecular weight is 279 g/mol. The van der Waals surface area contributed by atoms with Gasteiger partial charge in [-0.2, -0.15) is 0 Å². The Balaban J connectivity index is 2.41. The zero-order chi connectivity index (χ0) is 11.4. The monoisotopic (exact) mass is 278 g/mol. The predicted octanol–water partition coefficient (Wildman–Crippen LogP) is 3.45. The van der Waals surface area contributed by atoms with Crippen LogP contribution < -0.4 is 0 Å². The zero-order valence-electron chi connectivity index (χ0n) is 8.60. The molecule has 3 heteroatoms. The second kappa shape index (κ2) is 5.12. The smallest absolute Gasteiger partial charge is 0.293 e. The van der Waals surface area contributed by atoms with Gasteiger partial charge in [-0.15, -0.1) is 0 Å². The lowest BCUT2D eigenvalue weighted by molar-refractivity contribution is -0.132. The van der Waals surface area contributed by atoms with E-state index in [0.29, 0.717) is 11.8 Å². The lowest BCUT2D eigenvalue weighted by Gasteiger charge is -2.13. The number of ether oxygens (including phenoxy) is 1. The Hall–Kier alpha value is -1.35. The maximum absolute atomic E-state index is 10.4. The molecule has 1 atom stereocenters. The van der Waals surface area contributed by atoms with Crippen molar-refractivity contribution >= 4 is 33.2 Å². The minimum absolute atomic E-state index is 0.220. The molecule has 0 aromatic heterocycles. The van der Waals surface area contributed by atoms with Gasteiger partial charge in [-0.1, -0.05) is 52.3 Å². The maximum Gasteiger partial charge on any atom is 0.293 e. The van der Waals surface area contributed by atoms with Gasteiger partial charge in [-0.25, -0.2) is 0 Å². The summed E-state index contributed by atoms with van der Waals surface area (Å²) >= 11 is 3.33. The lowest BCUT2D eigenvalue weighted by atomic mass is 10.0. The predicted molar refractivity (Wildman–Crippen MR) is 67.6 cm³/mol. The first kappa shape index (κ1) is 11.1. The van der Waals surface area contributed by atoms with Crippen LogP contribution in [0.25, 0.3) is 10.8 Å². The summed E-state index contributed by atoms with van der Waals surface area (Å²) < 4.78 is 5.00. The summed E-state index contributed by atoms with van der Waals surface area (Å²) in [5, 5.41) is 2.94. The van der Waals surface area contributed by atoms with Gasteiger partial charge in [0.15, 0.2) is 0 Å². The Morgan fingerprint density at radius 3 is 2.62 bits per heavy atom. The van der Waals surface area contributed by atoms with Crippen molar-refractivity contribution in [3.05, 3.63) is 48.0 Å². The molecular weight excluding hydrogens is 268 g/mol. The highest BCUT2D eigenvalue weighted by Crippen LogP contribution is 2.23. The van der Waals surface area contributed by atoms with Gasteiger partial charge in [0, 0.05) is 5.33 Å². The molecule has 2 aromatic rings. The Bertz CT molecular complexity index is 496. The molecule has 2 rings (SSSR count). The number of fused-ring (bicyclic) bond motifs is 1. The molecule has 16 heavy (non-hydrogen) atoms. The highest BCUT2D eigenvalue weighted by atomic mass is 79.9. The SMILES string of the molecule is O=COC(CBr)c1ccc2ccccc2c1. The number of carbonyl (C=O) groups is 1. The normalized spacial score (nSPS) is 12.3. The van der Waals surface area contributed by atoms with Crippen LogP contribution in [0.4, 0.5) is 0 Å². The van der Waals surface area contributed by atoms with Crippen LogP contribution in [0.15, 0.2) is 42.5 Å². The topological polar surface area (TPSA) is 26.3 Å². The lowest BCUT2D eigenvalue weighted by Crippen LogP contribution is -2.04. The van der Waals surface area contributed by atoms with Gasteiger partial charge in [0.05, 0.1) is 0 Å². The van der Waals surface area contributed by atoms with Crippen LogP contribution in [0.1, 0.15) is 11.7 Å². The largest absolute Gasteiger partial charge is 0.459 e. The van der Waals surface area contributed by atoms with Gasteiger partial charge in [0.2, 0.25) is 0 Å². The van der Waals surface area contributed by atoms with Crippen LogP contribution in [0.2, 0.25) is 0 Å². The summed E-state index contributed by atoms with van der Waals surface area (Å²) in [5.41, 5.74) is 1.00. The third-order valence-electron chi connectivity index (χ3n) is 2.51. The Labute approximate surface area is 102 Å². The second-order valence-electron chi connectivity index (χ2n) is 3.48. The highest BCUT2D eigenvalue weighted by Gasteiger charge is 2.10. The molecule has 0 aliphatic rings. The minimum Gasteiger partial charge on any atom is -0.459 e. The van der Waals surface area contributed by atoms with Crippen LogP contribution in [0.5, 0.6) is 0 Å². The van der Waals surface area contributed by atoms with Gasteiger partial charge in [-0.3, -0.25) is 4.79 Å². The van der Waals surface area contributed by atoms with E-state index in [1.807, 2.05) is 36.4 Å². The number of benzene rings is 2. The van der Waals surface area contributed by atoms with Crippen LogP contribution >= 0.6 is 15.9 Å². The first-order valence-corrected chi connectivity index (χ1v) is 6.11. The first-order chi connectivity index (χ1) is 7.85. The molecule has 0 aliphatic heterocycles. The van der Waals surface area contributed by atoms with E-state index in [0.717, 1.165) is 10.9 Å². The average Bonchev–Trinajstić information content (AvgIpc) is 2.35. The molecule has 0 fully saturated rings. The standard InChI is InChI=1S/C13H11BrO2/c14-8-13(16-9-15)12-6-5-10-3-1-2-4-11(10)7-12/h1-7,9,13H,8H2. The van der Waals surface area contributed by atoms with Gasteiger partial charge in [0.25, 0.3) is 6.47 Å². The van der Waals surface area contributed by atoms with Gasteiger partial charge < -0.3 is 4.74 Å². The summed E-state index contributed by atoms with van der Waals surface area (Å²) in [7, 11) is 0. The second-order valence-corrected chi connectivity index (χ2v) is 4.13. The minimum atomic E-state index is -0.220. The summed E-state index contributed by atoms with van der Waals surface area (Å²) in [4.78, 5) is 10.4. The molecule has 0 aliphatic carbocycles. The number of carbonyl (C=O) groups excluding carboxylic acids is 1. The molecule has 0 spiro atoms. The van der Waals surface area contributed by atoms with Crippen LogP contribution in [0.3, 0.4) is 0 Å². The molecule has 2 nitrogen and oxygen atoms in total. The fraction of sp³-hybridized carbons (Fsp3) is 0.154. The molecule has 0 heterocycles. The van der Waals surface area contributed by atoms with E-state index in [1.54, 1.807) is 0 Å². The molecule has 0 N–H and O–H groups in total. The molecule has 1 unspecified atom stereocenters. The van der Waals surface area contributed by atoms with Crippen molar-refractivity contribution in [2.24, 2.45) is 0 Å². The van der Waals surface area contributed by atoms with Gasteiger partial charge in [0.1, 0.15) is 6.10 Å². The van der Waals surface area contributed by atoms with E-state index in [2.05, 4.69) is 22.0 Å². The molecular formula is C13H11BrO2. The molecule has 2 aromatic carbocycles. The third-order valence-corrected chi connectivity index (χ3v) is 3.09. The molecule has 0 bridgehead atoms. The number of hydrogen-bond donors (Lipinski definition) is 0. The van der Waals surface area contributed by atoms with Gasteiger partial charge >= 0.3 is 0 Å². The van der Waals surface area contributed by atoms with Crippen molar-refractivity contribution in [2.75, 3.05) is 5.33 Å². The summed E-state index contributed by atoms with van der Waals surface area (Å²) in [6, 6.07) is 14.2. The van der Waals surface area contributed by atoms with Crippen molar-refractivity contribution in [1.82, 2.24) is 0 Å². The van der Waals surface area contributed by atoms with Crippen LogP contribution in [-0.2, 0) is 9.53 Å². The number of alkyl halides is 1. The molecule has 0 radical (unpaired) electrons.